The molecule has 4 heterocycles. The first kappa shape index (κ1) is 42.8. The number of nitrogens with one attached hydrogen (secondary N) is 5. The van der Waals surface area contributed by atoms with E-state index in [-0.39, 0.29) is 62.0 Å². The number of amides is 3. The number of hydrogen-bond acceptors (Lipinski definition) is 12. The van der Waals surface area contributed by atoms with Crippen LogP contribution in [0, 0.1) is 17.1 Å². The number of aromatic nitrogens is 2. The highest BCUT2D eigenvalue weighted by atomic mass is 35.5. The molecule has 6 aromatic rings. The minimum absolute atomic E-state index is 0.00785. The van der Waals surface area contributed by atoms with Crippen LogP contribution in [0.15, 0.2) is 104 Å². The summed E-state index contributed by atoms with van der Waals surface area (Å²) in [4.78, 5) is 41.4. The van der Waals surface area contributed by atoms with Gasteiger partial charge in [-0.15, -0.1) is 0 Å². The van der Waals surface area contributed by atoms with Gasteiger partial charge in [-0.3, -0.25) is 24.7 Å². The first-order valence-corrected chi connectivity index (χ1v) is 20.7. The van der Waals surface area contributed by atoms with E-state index in [4.69, 9.17) is 21.1 Å². The molecule has 0 aliphatic carbocycles. The maximum absolute atomic E-state index is 14.6. The van der Waals surface area contributed by atoms with Gasteiger partial charge in [0.05, 0.1) is 16.3 Å². The number of carbonyl (C=O) groups excluding carboxylic acids is 3. The van der Waals surface area contributed by atoms with Gasteiger partial charge >= 0.3 is 0 Å². The molecule has 0 saturated carbocycles. The van der Waals surface area contributed by atoms with Crippen LogP contribution in [0.25, 0.3) is 21.9 Å². The van der Waals surface area contributed by atoms with Crippen LogP contribution in [0.3, 0.4) is 0 Å². The molecule has 0 radical (unpaired) electrons. The van der Waals surface area contributed by atoms with Gasteiger partial charge in [0.2, 0.25) is 17.7 Å². The van der Waals surface area contributed by atoms with Crippen LogP contribution in [0.1, 0.15) is 47.6 Å². The van der Waals surface area contributed by atoms with Crippen LogP contribution >= 0.6 is 11.6 Å². The monoisotopic (exact) mass is 871 g/mol. The van der Waals surface area contributed by atoms with Gasteiger partial charge in [-0.2, -0.15) is 10.8 Å². The molecular formula is C46H43ClFN9O6. The van der Waals surface area contributed by atoms with E-state index in [1.807, 2.05) is 29.3 Å². The molecule has 0 spiro atoms. The zero-order valence-corrected chi connectivity index (χ0v) is 34.6. The number of ether oxygens (including phenoxy) is 2. The maximum Gasteiger partial charge on any atom is 0.249 e. The number of imide groups is 1. The fourth-order valence-electron chi connectivity index (χ4n) is 7.60. The Bertz CT molecular complexity index is 2720. The number of nitriles is 1. The van der Waals surface area contributed by atoms with Gasteiger partial charge in [0.15, 0.2) is 5.88 Å². The van der Waals surface area contributed by atoms with E-state index >= 15 is 0 Å². The van der Waals surface area contributed by atoms with E-state index in [9.17, 15) is 29.1 Å². The number of pyridine rings is 1. The lowest BCUT2D eigenvalue weighted by Gasteiger charge is -2.22. The van der Waals surface area contributed by atoms with Crippen LogP contribution < -0.4 is 36.4 Å². The molecule has 0 bridgehead atoms. The zero-order valence-electron chi connectivity index (χ0n) is 33.9. The van der Waals surface area contributed by atoms with Crippen molar-refractivity contribution in [2.45, 2.75) is 51.1 Å². The molecule has 2 aliphatic heterocycles. The molecule has 2 saturated heterocycles. The molecule has 2 aliphatic rings. The second-order valence-electron chi connectivity index (χ2n) is 15.2. The Hall–Kier alpha value is -6.87. The average molecular weight is 872 g/mol. The summed E-state index contributed by atoms with van der Waals surface area (Å²) in [7, 11) is 0. The third-order valence-electron chi connectivity index (χ3n) is 10.9. The average Bonchev–Trinajstić information content (AvgIpc) is 3.89. The summed E-state index contributed by atoms with van der Waals surface area (Å²) in [5, 5.41) is 32.4. The van der Waals surface area contributed by atoms with Gasteiger partial charge in [0.25, 0.3) is 0 Å². The number of anilines is 1. The van der Waals surface area contributed by atoms with Crippen molar-refractivity contribution in [3.05, 3.63) is 137 Å². The molecule has 17 heteroatoms. The van der Waals surface area contributed by atoms with Crippen molar-refractivity contribution in [1.82, 2.24) is 36.2 Å². The number of benzene rings is 4. The van der Waals surface area contributed by atoms with Crippen molar-refractivity contribution >= 4 is 45.8 Å². The Labute approximate surface area is 366 Å². The molecule has 6 N–H and O–H groups in total. The van der Waals surface area contributed by atoms with E-state index < -0.39 is 11.9 Å². The third kappa shape index (κ3) is 10.1. The smallest absolute Gasteiger partial charge is 0.249 e. The minimum atomic E-state index is -0.737. The largest absolute Gasteiger partial charge is 0.494 e. The lowest BCUT2D eigenvalue weighted by Crippen LogP contribution is -2.41. The number of hydrazine groups is 2. The fraction of sp³-hybridized carbons (Fsp3) is 0.239. The van der Waals surface area contributed by atoms with Gasteiger partial charge in [0.1, 0.15) is 42.6 Å². The van der Waals surface area contributed by atoms with Gasteiger partial charge in [0, 0.05) is 108 Å². The molecule has 15 nitrogen and oxygen atoms in total. The van der Waals surface area contributed by atoms with Gasteiger partial charge in [-0.05, 0) is 36.8 Å². The number of aromatic hydroxyl groups is 1. The molecule has 8 rings (SSSR count). The number of piperidine rings is 1. The van der Waals surface area contributed by atoms with Crippen LogP contribution in [-0.4, -0.2) is 63.1 Å². The van der Waals surface area contributed by atoms with Crippen molar-refractivity contribution in [3.8, 4) is 34.6 Å². The number of rotatable bonds is 16. The van der Waals surface area contributed by atoms with Crippen molar-refractivity contribution in [1.29, 1.82) is 5.26 Å². The van der Waals surface area contributed by atoms with Crippen molar-refractivity contribution < 1.29 is 33.4 Å². The topological polar surface area (TPSA) is 195 Å². The normalized spacial score (nSPS) is 16.5. The number of halogens is 2. The Kier molecular flexibility index (Phi) is 13.2. The van der Waals surface area contributed by atoms with Crippen LogP contribution in [-0.2, 0) is 34.1 Å². The van der Waals surface area contributed by atoms with Gasteiger partial charge < -0.3 is 29.8 Å². The number of carbonyl (C=O) groups is 3. The van der Waals surface area contributed by atoms with Crippen molar-refractivity contribution in [2.24, 2.45) is 0 Å². The first-order chi connectivity index (χ1) is 30.6. The van der Waals surface area contributed by atoms with Crippen LogP contribution in [0.4, 0.5) is 10.1 Å². The summed E-state index contributed by atoms with van der Waals surface area (Å²) in [6.07, 6.45) is 5.37. The van der Waals surface area contributed by atoms with Crippen molar-refractivity contribution in [2.75, 3.05) is 25.0 Å². The fourth-order valence-corrected chi connectivity index (χ4v) is 7.88. The predicted molar refractivity (Wildman–Crippen MR) is 233 cm³/mol. The lowest BCUT2D eigenvalue weighted by atomic mass is 10.0. The Morgan fingerprint density at radius 2 is 1.83 bits per heavy atom. The molecule has 2 fully saturated rings. The van der Waals surface area contributed by atoms with E-state index in [1.54, 1.807) is 67.0 Å². The van der Waals surface area contributed by atoms with Gasteiger partial charge in [-0.25, -0.2) is 14.8 Å². The summed E-state index contributed by atoms with van der Waals surface area (Å²) in [5.41, 5.74) is 10.6. The van der Waals surface area contributed by atoms with E-state index in [1.165, 1.54) is 16.8 Å². The summed E-state index contributed by atoms with van der Waals surface area (Å²) in [6, 6.07) is 25.7. The number of nitrogens with zero attached hydrogens (tertiary/aromatic N) is 4. The summed E-state index contributed by atoms with van der Waals surface area (Å²) in [6.45, 7) is 2.35. The SMILES string of the molecule is N#Cc1cncc(COc2cc(OCc3cccc(-c4ccccc4F)c3Cl)ccc2CNCC2CN(CCC(=O)Nc3cccc4c(O)n(C5CCC(=O)NC5=O)cc34)NN2)c1. The standard InChI is InChI=1S/C46H43ClFN9O6/c47-44-31(5-3-7-35(44)34-6-1-2-9-38(34)48)27-62-33-12-11-30(41(18-33)63-26-29-17-28(19-49)20-50-21-29)22-51-23-32-24-56(55-54-32)16-15-43(59)52-39-10-4-8-36-37(39)25-57(46(36)61)40-13-14-42(58)53-45(40)60/h1-12,17-18,20-21,25,32,40,51,54-55,61H,13-16,22-24,26-27H2,(H,52,59)(H,53,58,60). The highest BCUT2D eigenvalue weighted by Gasteiger charge is 2.30. The third-order valence-corrected chi connectivity index (χ3v) is 11.3. The summed E-state index contributed by atoms with van der Waals surface area (Å²) < 4.78 is 28.5. The molecule has 2 unspecified atom stereocenters. The zero-order chi connectivity index (χ0) is 43.9. The first-order valence-electron chi connectivity index (χ1n) is 20.3. The van der Waals surface area contributed by atoms with E-state index in [0.717, 1.165) is 11.1 Å². The lowest BCUT2D eigenvalue weighted by molar-refractivity contribution is -0.135. The van der Waals surface area contributed by atoms with Crippen LogP contribution in [0.2, 0.25) is 5.02 Å². The van der Waals surface area contributed by atoms with Crippen LogP contribution in [0.5, 0.6) is 17.4 Å². The van der Waals surface area contributed by atoms with Crippen molar-refractivity contribution in [3.63, 3.8) is 0 Å². The number of hydrogen-bond donors (Lipinski definition) is 6. The Morgan fingerprint density at radius 3 is 2.67 bits per heavy atom. The molecular weight excluding hydrogens is 829 g/mol. The summed E-state index contributed by atoms with van der Waals surface area (Å²) >= 11 is 6.75. The molecule has 322 valence electrons. The minimum Gasteiger partial charge on any atom is -0.494 e. The Morgan fingerprint density at radius 1 is 0.984 bits per heavy atom. The van der Waals surface area contributed by atoms with Gasteiger partial charge in [-0.1, -0.05) is 60.1 Å². The highest BCUT2D eigenvalue weighted by molar-refractivity contribution is 6.34. The molecule has 63 heavy (non-hydrogen) atoms. The second kappa shape index (κ2) is 19.5. The summed E-state index contributed by atoms with van der Waals surface area (Å²) in [5.74, 6) is -0.433. The molecule has 2 atom stereocenters. The van der Waals surface area contributed by atoms with E-state index in [0.29, 0.717) is 81.4 Å². The predicted octanol–water partition coefficient (Wildman–Crippen LogP) is 6.02. The second-order valence-corrected chi connectivity index (χ2v) is 15.6. The molecule has 3 amide bonds. The maximum atomic E-state index is 14.6. The molecule has 2 aromatic heterocycles. The Balaban J connectivity index is 0.855. The quantitative estimate of drug-likeness (QED) is 0.0621. The van der Waals surface area contributed by atoms with E-state index in [2.05, 4.69) is 38.0 Å². The molecule has 4 aromatic carbocycles. The highest BCUT2D eigenvalue weighted by Crippen LogP contribution is 2.37. The number of fused-ring (bicyclic) bond motifs is 1.